The molecule has 1 rings (SSSR count). The number of carbonyl (C=O) groups excluding carboxylic acids is 1. The van der Waals surface area contributed by atoms with Crippen molar-refractivity contribution in [3.8, 4) is 0 Å². The Hall–Kier alpha value is -0.570. The first-order valence-corrected chi connectivity index (χ1v) is 7.82. The highest BCUT2D eigenvalue weighted by Gasteiger charge is 2.27. The van der Waals surface area contributed by atoms with Crippen LogP contribution in [0.3, 0.4) is 0 Å². The number of rotatable bonds is 5. The number of carbonyl (C=O) groups is 1. The molecule has 0 spiro atoms. The maximum absolute atomic E-state index is 11.3. The Balaban J connectivity index is 2.24. The molecule has 1 N–H and O–H groups in total. The lowest BCUT2D eigenvalue weighted by Gasteiger charge is -2.29. The molecule has 112 valence electrons. The van der Waals surface area contributed by atoms with E-state index in [1.54, 1.807) is 0 Å². The number of hydrogen-bond donors (Lipinski definition) is 1. The Morgan fingerprint density at radius 1 is 1.21 bits per heavy atom. The Morgan fingerprint density at radius 3 is 2.58 bits per heavy atom. The summed E-state index contributed by atoms with van der Waals surface area (Å²) in [6, 6.07) is 0.585. The summed E-state index contributed by atoms with van der Waals surface area (Å²) in [5.74, 6) is 0.751. The van der Waals surface area contributed by atoms with Gasteiger partial charge in [0.05, 0.1) is 13.0 Å². The van der Waals surface area contributed by atoms with Gasteiger partial charge in [0.2, 0.25) is 0 Å². The largest absolute Gasteiger partial charge is 0.466 e. The molecule has 0 radical (unpaired) electrons. The van der Waals surface area contributed by atoms with Crippen molar-refractivity contribution in [3.05, 3.63) is 0 Å². The van der Waals surface area contributed by atoms with Crippen LogP contribution in [0, 0.1) is 11.3 Å². The van der Waals surface area contributed by atoms with E-state index in [9.17, 15) is 4.79 Å². The molecule has 0 bridgehead atoms. The molecule has 2 atom stereocenters. The van der Waals surface area contributed by atoms with Crippen LogP contribution >= 0.6 is 0 Å². The standard InChI is InChI=1S/C16H31NO2/c1-5-19-15(18)11-12-17-14-8-6-7-13(9-10-14)16(2,3)4/h13-14,17H,5-12H2,1-4H3. The zero-order valence-corrected chi connectivity index (χ0v) is 13.1. The Bertz CT molecular complexity index is 270. The van der Waals surface area contributed by atoms with Crippen LogP contribution in [0.2, 0.25) is 0 Å². The first-order chi connectivity index (χ1) is 8.93. The Labute approximate surface area is 118 Å². The fraction of sp³-hybridized carbons (Fsp3) is 0.938. The third kappa shape index (κ3) is 6.42. The fourth-order valence-electron chi connectivity index (χ4n) is 2.98. The van der Waals surface area contributed by atoms with Crippen LogP contribution in [-0.4, -0.2) is 25.2 Å². The number of hydrogen-bond acceptors (Lipinski definition) is 3. The van der Waals surface area contributed by atoms with Crippen molar-refractivity contribution in [1.82, 2.24) is 5.32 Å². The van der Waals surface area contributed by atoms with Gasteiger partial charge in [0.1, 0.15) is 0 Å². The van der Waals surface area contributed by atoms with Crippen LogP contribution in [0.25, 0.3) is 0 Å². The quantitative estimate of drug-likeness (QED) is 0.613. The normalized spacial score (nSPS) is 24.8. The number of ether oxygens (including phenoxy) is 1. The first-order valence-electron chi connectivity index (χ1n) is 7.82. The summed E-state index contributed by atoms with van der Waals surface area (Å²) in [5, 5.41) is 3.52. The summed E-state index contributed by atoms with van der Waals surface area (Å²) >= 11 is 0. The fourth-order valence-corrected chi connectivity index (χ4v) is 2.98. The van der Waals surface area contributed by atoms with E-state index in [2.05, 4.69) is 26.1 Å². The minimum Gasteiger partial charge on any atom is -0.466 e. The predicted octanol–water partition coefficient (Wildman–Crippen LogP) is 3.52. The molecule has 0 aromatic rings. The molecule has 0 amide bonds. The average molecular weight is 269 g/mol. The molecule has 1 aliphatic rings. The van der Waals surface area contributed by atoms with Crippen LogP contribution in [0.5, 0.6) is 0 Å². The van der Waals surface area contributed by atoms with Crippen molar-refractivity contribution < 1.29 is 9.53 Å². The van der Waals surface area contributed by atoms with Crippen LogP contribution < -0.4 is 5.32 Å². The molecule has 0 heterocycles. The highest BCUT2D eigenvalue weighted by atomic mass is 16.5. The second-order valence-corrected chi connectivity index (χ2v) is 6.78. The molecule has 0 aliphatic heterocycles. The Morgan fingerprint density at radius 2 is 1.95 bits per heavy atom. The molecule has 0 saturated heterocycles. The van der Waals surface area contributed by atoms with Crippen LogP contribution in [0.15, 0.2) is 0 Å². The number of nitrogens with one attached hydrogen (secondary N) is 1. The topological polar surface area (TPSA) is 38.3 Å². The van der Waals surface area contributed by atoms with Crippen molar-refractivity contribution in [2.24, 2.45) is 11.3 Å². The average Bonchev–Trinajstić information content (AvgIpc) is 2.54. The van der Waals surface area contributed by atoms with Crippen molar-refractivity contribution in [1.29, 1.82) is 0 Å². The van der Waals surface area contributed by atoms with Gasteiger partial charge in [-0.15, -0.1) is 0 Å². The third-order valence-corrected chi connectivity index (χ3v) is 4.26. The van der Waals surface area contributed by atoms with Crippen LogP contribution in [0.1, 0.15) is 66.2 Å². The molecule has 1 aliphatic carbocycles. The maximum atomic E-state index is 11.3. The van der Waals surface area contributed by atoms with Gasteiger partial charge in [-0.05, 0) is 43.9 Å². The minimum absolute atomic E-state index is 0.0869. The molecule has 3 heteroatoms. The van der Waals surface area contributed by atoms with Gasteiger partial charge < -0.3 is 10.1 Å². The van der Waals surface area contributed by atoms with Crippen LogP contribution in [0.4, 0.5) is 0 Å². The van der Waals surface area contributed by atoms with Gasteiger partial charge >= 0.3 is 5.97 Å². The highest BCUT2D eigenvalue weighted by molar-refractivity contribution is 5.69. The summed E-state index contributed by atoms with van der Waals surface area (Å²) in [5.41, 5.74) is 0.430. The molecule has 0 aromatic heterocycles. The maximum Gasteiger partial charge on any atom is 0.307 e. The molecule has 3 nitrogen and oxygen atoms in total. The van der Waals surface area contributed by atoms with Gasteiger partial charge in [-0.1, -0.05) is 27.2 Å². The Kier molecular flexibility index (Phi) is 6.84. The zero-order chi connectivity index (χ0) is 14.3. The predicted molar refractivity (Wildman–Crippen MR) is 79.1 cm³/mol. The highest BCUT2D eigenvalue weighted by Crippen LogP contribution is 2.36. The van der Waals surface area contributed by atoms with Crippen molar-refractivity contribution >= 4 is 5.97 Å². The van der Waals surface area contributed by atoms with E-state index in [1.165, 1.54) is 32.1 Å². The van der Waals surface area contributed by atoms with Crippen molar-refractivity contribution in [2.75, 3.05) is 13.2 Å². The van der Waals surface area contributed by atoms with E-state index in [-0.39, 0.29) is 5.97 Å². The van der Waals surface area contributed by atoms with E-state index < -0.39 is 0 Å². The molecule has 1 fully saturated rings. The minimum atomic E-state index is -0.0869. The third-order valence-electron chi connectivity index (χ3n) is 4.26. The van der Waals surface area contributed by atoms with Gasteiger partial charge in [0.15, 0.2) is 0 Å². The SMILES string of the molecule is CCOC(=O)CCNC1CCCC(C(C)(C)C)CC1. The van der Waals surface area contributed by atoms with Gasteiger partial charge in [-0.25, -0.2) is 0 Å². The summed E-state index contributed by atoms with van der Waals surface area (Å²) in [4.78, 5) is 11.3. The smallest absolute Gasteiger partial charge is 0.307 e. The van der Waals surface area contributed by atoms with Gasteiger partial charge in [0.25, 0.3) is 0 Å². The molecular weight excluding hydrogens is 238 g/mol. The van der Waals surface area contributed by atoms with E-state index in [0.29, 0.717) is 24.5 Å². The van der Waals surface area contributed by atoms with Gasteiger partial charge in [-0.3, -0.25) is 4.79 Å². The van der Waals surface area contributed by atoms with Gasteiger partial charge in [-0.2, -0.15) is 0 Å². The molecule has 2 unspecified atom stereocenters. The summed E-state index contributed by atoms with van der Waals surface area (Å²) < 4.78 is 4.94. The lowest BCUT2D eigenvalue weighted by atomic mass is 9.76. The number of esters is 1. The molecule has 19 heavy (non-hydrogen) atoms. The summed E-state index contributed by atoms with van der Waals surface area (Å²) in [6.07, 6.45) is 6.94. The van der Waals surface area contributed by atoms with E-state index in [4.69, 9.17) is 4.74 Å². The lowest BCUT2D eigenvalue weighted by molar-refractivity contribution is -0.143. The van der Waals surface area contributed by atoms with Crippen LogP contribution in [-0.2, 0) is 9.53 Å². The summed E-state index contributed by atoms with van der Waals surface area (Å²) in [6.45, 7) is 10.1. The second kappa shape index (κ2) is 7.88. The molecule has 0 aromatic carbocycles. The first kappa shape index (κ1) is 16.5. The van der Waals surface area contributed by atoms with Crippen molar-refractivity contribution in [2.45, 2.75) is 72.3 Å². The van der Waals surface area contributed by atoms with Gasteiger partial charge in [0, 0.05) is 12.6 Å². The van der Waals surface area contributed by atoms with E-state index in [0.717, 1.165) is 12.5 Å². The molecular formula is C16H31NO2. The van der Waals surface area contributed by atoms with Crippen molar-refractivity contribution in [3.63, 3.8) is 0 Å². The monoisotopic (exact) mass is 269 g/mol. The molecule has 1 saturated carbocycles. The van der Waals surface area contributed by atoms with E-state index >= 15 is 0 Å². The summed E-state index contributed by atoms with van der Waals surface area (Å²) in [7, 11) is 0. The second-order valence-electron chi connectivity index (χ2n) is 6.78. The van der Waals surface area contributed by atoms with E-state index in [1.807, 2.05) is 6.92 Å². The lowest BCUT2D eigenvalue weighted by Crippen LogP contribution is -2.31. The zero-order valence-electron chi connectivity index (χ0n) is 13.1.